The van der Waals surface area contributed by atoms with Crippen molar-refractivity contribution >= 4 is 28.5 Å². The van der Waals surface area contributed by atoms with Crippen molar-refractivity contribution in [3.05, 3.63) is 65.9 Å². The van der Waals surface area contributed by atoms with Crippen LogP contribution in [0.25, 0.3) is 16.7 Å². The number of fused-ring (bicyclic) bond motifs is 1. The minimum absolute atomic E-state index is 0.631. The highest BCUT2D eigenvalue weighted by atomic mass is 15.3. The van der Waals surface area contributed by atoms with Gasteiger partial charge in [0, 0.05) is 19.8 Å². The lowest BCUT2D eigenvalue weighted by atomic mass is 10.1. The van der Waals surface area contributed by atoms with E-state index in [-0.39, 0.29) is 0 Å². The van der Waals surface area contributed by atoms with Gasteiger partial charge in [-0.05, 0) is 49.2 Å². The van der Waals surface area contributed by atoms with Gasteiger partial charge in [0.1, 0.15) is 5.82 Å². The normalized spacial score (nSPS) is 11.0. The molecule has 0 aliphatic heterocycles. The summed E-state index contributed by atoms with van der Waals surface area (Å²) in [5.74, 6) is 1.38. The zero-order chi connectivity index (χ0) is 19.0. The molecule has 2 aromatic heterocycles. The molecule has 0 amide bonds. The van der Waals surface area contributed by atoms with Gasteiger partial charge in [-0.25, -0.2) is 4.68 Å². The summed E-state index contributed by atoms with van der Waals surface area (Å²) in [5, 5.41) is 8.88. The van der Waals surface area contributed by atoms with Crippen molar-refractivity contribution in [3.63, 3.8) is 0 Å². The average molecular weight is 358 g/mol. The number of benzene rings is 2. The highest BCUT2D eigenvalue weighted by Crippen LogP contribution is 2.28. The number of anilines is 3. The fourth-order valence-electron chi connectivity index (χ4n) is 2.91. The number of aryl methyl sites for hydroxylation is 2. The van der Waals surface area contributed by atoms with Crippen molar-refractivity contribution in [1.82, 2.24) is 19.7 Å². The van der Waals surface area contributed by atoms with E-state index in [1.165, 1.54) is 11.1 Å². The van der Waals surface area contributed by atoms with E-state index in [1.807, 2.05) is 60.2 Å². The van der Waals surface area contributed by atoms with Crippen LogP contribution in [0.4, 0.5) is 17.5 Å². The lowest BCUT2D eigenvalue weighted by Crippen LogP contribution is -2.14. The van der Waals surface area contributed by atoms with E-state index < -0.39 is 0 Å². The molecule has 136 valence electrons. The van der Waals surface area contributed by atoms with Gasteiger partial charge in [-0.2, -0.15) is 15.1 Å². The van der Waals surface area contributed by atoms with Crippen molar-refractivity contribution in [2.45, 2.75) is 13.8 Å². The van der Waals surface area contributed by atoms with Gasteiger partial charge in [-0.1, -0.05) is 24.3 Å². The highest BCUT2D eigenvalue weighted by Gasteiger charge is 2.15. The van der Waals surface area contributed by atoms with Crippen LogP contribution in [0.2, 0.25) is 0 Å². The second-order valence-electron chi connectivity index (χ2n) is 6.82. The molecule has 0 radical (unpaired) electrons. The molecule has 0 atom stereocenters. The summed E-state index contributed by atoms with van der Waals surface area (Å²) >= 11 is 0. The molecule has 6 heteroatoms. The van der Waals surface area contributed by atoms with Crippen LogP contribution in [0.1, 0.15) is 11.1 Å². The molecule has 0 saturated carbocycles. The van der Waals surface area contributed by atoms with Gasteiger partial charge in [0.2, 0.25) is 5.95 Å². The van der Waals surface area contributed by atoms with Gasteiger partial charge >= 0.3 is 0 Å². The molecule has 0 aliphatic rings. The second-order valence-corrected chi connectivity index (χ2v) is 6.82. The molecule has 6 nitrogen and oxygen atoms in total. The fraction of sp³-hybridized carbons (Fsp3) is 0.190. The van der Waals surface area contributed by atoms with Crippen LogP contribution in [-0.2, 0) is 0 Å². The van der Waals surface area contributed by atoms with E-state index in [2.05, 4.69) is 42.5 Å². The number of rotatable bonds is 4. The largest absolute Gasteiger partial charge is 0.347 e. The Morgan fingerprint density at radius 2 is 1.70 bits per heavy atom. The summed E-state index contributed by atoms with van der Waals surface area (Å²) in [6.45, 7) is 4.21. The zero-order valence-electron chi connectivity index (χ0n) is 15.9. The molecule has 0 bridgehead atoms. The molecular weight excluding hydrogens is 336 g/mol. The van der Waals surface area contributed by atoms with Crippen LogP contribution in [0.3, 0.4) is 0 Å². The Labute approximate surface area is 158 Å². The third-order valence-corrected chi connectivity index (χ3v) is 4.59. The Morgan fingerprint density at radius 3 is 2.41 bits per heavy atom. The smallest absolute Gasteiger partial charge is 0.228 e. The maximum absolute atomic E-state index is 4.72. The standard InChI is InChI=1S/C21H22N6/c1-14-10-11-16(12-15(14)2)23-19-18-13-22-27(17-8-6-5-7-9-17)20(18)25-21(24-19)26(3)4/h5-13H,1-4H3,(H,23,24,25). The molecule has 0 aliphatic carbocycles. The fourth-order valence-corrected chi connectivity index (χ4v) is 2.91. The predicted molar refractivity (Wildman–Crippen MR) is 110 cm³/mol. The van der Waals surface area contributed by atoms with E-state index in [9.17, 15) is 0 Å². The van der Waals surface area contributed by atoms with Crippen LogP contribution in [0, 0.1) is 13.8 Å². The number of para-hydroxylation sites is 1. The summed E-state index contributed by atoms with van der Waals surface area (Å²) < 4.78 is 1.84. The van der Waals surface area contributed by atoms with Crippen LogP contribution < -0.4 is 10.2 Å². The minimum atomic E-state index is 0.631. The van der Waals surface area contributed by atoms with Crippen molar-refractivity contribution in [2.75, 3.05) is 24.3 Å². The van der Waals surface area contributed by atoms with Crippen LogP contribution >= 0.6 is 0 Å². The number of aromatic nitrogens is 4. The summed E-state index contributed by atoms with van der Waals surface area (Å²) in [7, 11) is 3.87. The zero-order valence-corrected chi connectivity index (χ0v) is 15.9. The molecule has 1 N–H and O–H groups in total. The van der Waals surface area contributed by atoms with E-state index in [4.69, 9.17) is 9.97 Å². The van der Waals surface area contributed by atoms with E-state index in [0.29, 0.717) is 5.95 Å². The Kier molecular flexibility index (Phi) is 4.24. The van der Waals surface area contributed by atoms with Gasteiger partial charge < -0.3 is 10.2 Å². The van der Waals surface area contributed by atoms with Crippen molar-refractivity contribution in [2.24, 2.45) is 0 Å². The number of hydrogen-bond donors (Lipinski definition) is 1. The first-order chi connectivity index (χ1) is 13.0. The van der Waals surface area contributed by atoms with Gasteiger partial charge in [-0.15, -0.1) is 0 Å². The Hall–Kier alpha value is -3.41. The predicted octanol–water partition coefficient (Wildman–Crippen LogP) is 4.24. The Bertz CT molecular complexity index is 1100. The van der Waals surface area contributed by atoms with Crippen LogP contribution in [0.5, 0.6) is 0 Å². The van der Waals surface area contributed by atoms with E-state index >= 15 is 0 Å². The molecule has 27 heavy (non-hydrogen) atoms. The monoisotopic (exact) mass is 358 g/mol. The molecule has 0 saturated heterocycles. The Morgan fingerprint density at radius 1 is 0.926 bits per heavy atom. The van der Waals surface area contributed by atoms with Crippen LogP contribution in [0.15, 0.2) is 54.7 Å². The molecule has 4 rings (SSSR count). The quantitative estimate of drug-likeness (QED) is 0.591. The van der Waals surface area contributed by atoms with Gasteiger partial charge in [-0.3, -0.25) is 0 Å². The highest BCUT2D eigenvalue weighted by molar-refractivity contribution is 5.90. The maximum Gasteiger partial charge on any atom is 0.228 e. The number of nitrogens with zero attached hydrogens (tertiary/aromatic N) is 5. The SMILES string of the molecule is Cc1ccc(Nc2nc(N(C)C)nc3c2cnn3-c2ccccc2)cc1C. The summed E-state index contributed by atoms with van der Waals surface area (Å²) in [6.07, 6.45) is 1.81. The second kappa shape index (κ2) is 6.72. The third kappa shape index (κ3) is 3.21. The molecule has 0 unspecified atom stereocenters. The van der Waals surface area contributed by atoms with Crippen LogP contribution in [-0.4, -0.2) is 33.8 Å². The molecule has 2 heterocycles. The van der Waals surface area contributed by atoms with E-state index in [1.54, 1.807) is 0 Å². The van der Waals surface area contributed by atoms with Crippen molar-refractivity contribution < 1.29 is 0 Å². The lowest BCUT2D eigenvalue weighted by Gasteiger charge is -2.14. The molecule has 2 aromatic carbocycles. The molecule has 0 fully saturated rings. The van der Waals surface area contributed by atoms with E-state index in [0.717, 1.165) is 28.2 Å². The topological polar surface area (TPSA) is 58.9 Å². The maximum atomic E-state index is 4.72. The first kappa shape index (κ1) is 17.0. The summed E-state index contributed by atoms with van der Waals surface area (Å²) in [5.41, 5.74) is 5.23. The first-order valence-corrected chi connectivity index (χ1v) is 8.86. The number of nitrogens with one attached hydrogen (secondary N) is 1. The summed E-state index contributed by atoms with van der Waals surface area (Å²) in [4.78, 5) is 11.3. The van der Waals surface area contributed by atoms with Gasteiger partial charge in [0.25, 0.3) is 0 Å². The van der Waals surface area contributed by atoms with Crippen molar-refractivity contribution in [3.8, 4) is 5.69 Å². The molecule has 0 spiro atoms. The first-order valence-electron chi connectivity index (χ1n) is 8.86. The Balaban J connectivity index is 1.86. The summed E-state index contributed by atoms with van der Waals surface area (Å²) in [6, 6.07) is 16.3. The molecular formula is C21H22N6. The third-order valence-electron chi connectivity index (χ3n) is 4.59. The van der Waals surface area contributed by atoms with Gasteiger partial charge in [0.05, 0.1) is 17.3 Å². The lowest BCUT2D eigenvalue weighted by molar-refractivity contribution is 0.890. The van der Waals surface area contributed by atoms with Crippen molar-refractivity contribution in [1.29, 1.82) is 0 Å². The van der Waals surface area contributed by atoms with Gasteiger partial charge in [0.15, 0.2) is 5.65 Å². The average Bonchev–Trinajstić information content (AvgIpc) is 3.09. The minimum Gasteiger partial charge on any atom is -0.347 e. The molecule has 4 aromatic rings. The number of hydrogen-bond acceptors (Lipinski definition) is 5.